The smallest absolute Gasteiger partial charge is 0.238 e. The Labute approximate surface area is 180 Å². The molecule has 0 bridgehead atoms. The molecule has 1 aromatic carbocycles. The summed E-state index contributed by atoms with van der Waals surface area (Å²) in [5, 5.41) is 2.96. The molecule has 0 unspecified atom stereocenters. The third-order valence-electron chi connectivity index (χ3n) is 5.38. The Hall–Kier alpha value is -1.93. The summed E-state index contributed by atoms with van der Waals surface area (Å²) in [7, 11) is 0. The number of rotatable bonds is 6. The number of anilines is 2. The predicted molar refractivity (Wildman–Crippen MR) is 118 cm³/mol. The maximum atomic E-state index is 12.4. The highest BCUT2D eigenvalue weighted by atomic mass is 35.5. The highest BCUT2D eigenvalue weighted by molar-refractivity contribution is 7.16. The molecule has 8 heteroatoms. The number of nitrogens with zero attached hydrogens (tertiary/aromatic N) is 3. The number of benzene rings is 1. The SMILES string of the molecule is O=C(CN1CCN(Cc2ccc(Cl)s2)CC1)Nc1ccc(N2CCCC2=O)cc1. The van der Waals surface area contributed by atoms with Crippen molar-refractivity contribution in [1.82, 2.24) is 9.80 Å². The van der Waals surface area contributed by atoms with E-state index in [9.17, 15) is 9.59 Å². The number of amides is 2. The van der Waals surface area contributed by atoms with Crippen molar-refractivity contribution in [3.05, 3.63) is 45.6 Å². The molecule has 2 aliphatic heterocycles. The molecule has 0 spiro atoms. The third-order valence-corrected chi connectivity index (χ3v) is 6.59. The summed E-state index contributed by atoms with van der Waals surface area (Å²) in [5.41, 5.74) is 1.66. The summed E-state index contributed by atoms with van der Waals surface area (Å²) in [4.78, 5) is 31.9. The molecular weight excluding hydrogens is 408 g/mol. The van der Waals surface area contributed by atoms with Crippen molar-refractivity contribution in [2.45, 2.75) is 19.4 Å². The molecule has 2 amide bonds. The molecule has 1 N–H and O–H groups in total. The van der Waals surface area contributed by atoms with Crippen LogP contribution in [0.1, 0.15) is 17.7 Å². The molecule has 0 atom stereocenters. The Bertz CT molecular complexity index is 862. The minimum absolute atomic E-state index is 0.00603. The van der Waals surface area contributed by atoms with Crippen LogP contribution in [0.15, 0.2) is 36.4 Å². The van der Waals surface area contributed by atoms with Crippen molar-refractivity contribution in [2.75, 3.05) is 49.5 Å². The van der Waals surface area contributed by atoms with Crippen LogP contribution in [0.3, 0.4) is 0 Å². The van der Waals surface area contributed by atoms with E-state index in [-0.39, 0.29) is 11.8 Å². The number of piperazine rings is 1. The van der Waals surface area contributed by atoms with E-state index in [0.29, 0.717) is 13.0 Å². The number of hydrogen-bond acceptors (Lipinski definition) is 5. The van der Waals surface area contributed by atoms with Gasteiger partial charge >= 0.3 is 0 Å². The van der Waals surface area contributed by atoms with Gasteiger partial charge in [0.05, 0.1) is 10.9 Å². The molecule has 0 saturated carbocycles. The van der Waals surface area contributed by atoms with E-state index in [2.05, 4.69) is 21.2 Å². The summed E-state index contributed by atoms with van der Waals surface area (Å²) >= 11 is 7.63. The number of nitrogens with one attached hydrogen (secondary N) is 1. The van der Waals surface area contributed by atoms with Gasteiger partial charge in [-0.3, -0.25) is 19.4 Å². The van der Waals surface area contributed by atoms with E-state index >= 15 is 0 Å². The number of thiophene rings is 1. The molecule has 29 heavy (non-hydrogen) atoms. The summed E-state index contributed by atoms with van der Waals surface area (Å²) in [5.74, 6) is 0.164. The second-order valence-electron chi connectivity index (χ2n) is 7.50. The highest BCUT2D eigenvalue weighted by Gasteiger charge is 2.22. The molecule has 0 aliphatic carbocycles. The summed E-state index contributed by atoms with van der Waals surface area (Å²) in [6.07, 6.45) is 1.53. The first-order valence-electron chi connectivity index (χ1n) is 9.96. The number of carbonyl (C=O) groups excluding carboxylic acids is 2. The van der Waals surface area contributed by atoms with Gasteiger partial charge in [-0.05, 0) is 42.8 Å². The molecule has 154 valence electrons. The van der Waals surface area contributed by atoms with Gasteiger partial charge in [-0.15, -0.1) is 11.3 Å². The van der Waals surface area contributed by atoms with E-state index < -0.39 is 0 Å². The van der Waals surface area contributed by atoms with Gasteiger partial charge in [-0.1, -0.05) is 11.6 Å². The van der Waals surface area contributed by atoms with Gasteiger partial charge in [0.1, 0.15) is 0 Å². The molecule has 3 heterocycles. The van der Waals surface area contributed by atoms with Crippen LogP contribution in [0.4, 0.5) is 11.4 Å². The minimum Gasteiger partial charge on any atom is -0.325 e. The molecular formula is C21H25ClN4O2S. The molecule has 1 aromatic heterocycles. The van der Waals surface area contributed by atoms with E-state index in [1.54, 1.807) is 16.2 Å². The predicted octanol–water partition coefficient (Wildman–Crippen LogP) is 3.28. The first kappa shape index (κ1) is 20.3. The minimum atomic E-state index is -0.00603. The van der Waals surface area contributed by atoms with Crippen molar-refractivity contribution < 1.29 is 9.59 Å². The number of halogens is 1. The second-order valence-corrected chi connectivity index (χ2v) is 9.30. The van der Waals surface area contributed by atoms with Crippen molar-refractivity contribution in [1.29, 1.82) is 0 Å². The lowest BCUT2D eigenvalue weighted by Crippen LogP contribution is -2.48. The highest BCUT2D eigenvalue weighted by Crippen LogP contribution is 2.24. The van der Waals surface area contributed by atoms with Crippen LogP contribution >= 0.6 is 22.9 Å². The van der Waals surface area contributed by atoms with Crippen molar-refractivity contribution in [2.24, 2.45) is 0 Å². The summed E-state index contributed by atoms with van der Waals surface area (Å²) in [6.45, 7) is 5.73. The van der Waals surface area contributed by atoms with Crippen molar-refractivity contribution in [3.8, 4) is 0 Å². The van der Waals surface area contributed by atoms with Gasteiger partial charge in [-0.25, -0.2) is 0 Å². The Balaban J connectivity index is 1.21. The largest absolute Gasteiger partial charge is 0.325 e. The van der Waals surface area contributed by atoms with Gasteiger partial charge in [0, 0.05) is 61.9 Å². The van der Waals surface area contributed by atoms with Crippen LogP contribution in [0.2, 0.25) is 4.34 Å². The zero-order valence-corrected chi connectivity index (χ0v) is 17.8. The lowest BCUT2D eigenvalue weighted by molar-refractivity contribution is -0.118. The maximum absolute atomic E-state index is 12.4. The number of carbonyl (C=O) groups is 2. The summed E-state index contributed by atoms with van der Waals surface area (Å²) in [6, 6.07) is 11.5. The summed E-state index contributed by atoms with van der Waals surface area (Å²) < 4.78 is 0.829. The maximum Gasteiger partial charge on any atom is 0.238 e. The first-order valence-corrected chi connectivity index (χ1v) is 11.2. The van der Waals surface area contributed by atoms with E-state index in [1.165, 1.54) is 4.88 Å². The number of hydrogen-bond donors (Lipinski definition) is 1. The monoisotopic (exact) mass is 432 g/mol. The Morgan fingerprint density at radius 2 is 1.72 bits per heavy atom. The van der Waals surface area contributed by atoms with Crippen molar-refractivity contribution in [3.63, 3.8) is 0 Å². The molecule has 4 rings (SSSR count). The lowest BCUT2D eigenvalue weighted by atomic mass is 10.2. The fourth-order valence-electron chi connectivity index (χ4n) is 3.81. The second kappa shape index (κ2) is 9.26. The fraction of sp³-hybridized carbons (Fsp3) is 0.429. The van der Waals surface area contributed by atoms with Crippen LogP contribution in [-0.2, 0) is 16.1 Å². The molecule has 2 aliphatic rings. The van der Waals surface area contributed by atoms with Gasteiger partial charge in [0.25, 0.3) is 0 Å². The van der Waals surface area contributed by atoms with Crippen LogP contribution in [0, 0.1) is 0 Å². The third kappa shape index (κ3) is 5.36. The normalized spacial score (nSPS) is 18.4. The van der Waals surface area contributed by atoms with Crippen molar-refractivity contribution >= 4 is 46.1 Å². The van der Waals surface area contributed by atoms with Gasteiger partial charge < -0.3 is 10.2 Å². The van der Waals surface area contributed by atoms with Gasteiger partial charge in [-0.2, -0.15) is 0 Å². The first-order chi connectivity index (χ1) is 14.1. The quantitative estimate of drug-likeness (QED) is 0.761. The molecule has 6 nitrogen and oxygen atoms in total. The lowest BCUT2D eigenvalue weighted by Gasteiger charge is -2.34. The average molecular weight is 433 g/mol. The topological polar surface area (TPSA) is 55.9 Å². The molecule has 0 radical (unpaired) electrons. The Morgan fingerprint density at radius 1 is 1.00 bits per heavy atom. The molecule has 2 saturated heterocycles. The Kier molecular flexibility index (Phi) is 6.50. The zero-order chi connectivity index (χ0) is 20.2. The fourth-order valence-corrected chi connectivity index (χ4v) is 4.94. The standard InChI is InChI=1S/C21H25ClN4O2S/c22-19-8-7-18(29-19)14-24-10-12-25(13-11-24)15-20(27)23-16-3-5-17(6-4-16)26-9-1-2-21(26)28/h3-8H,1-2,9-15H2,(H,23,27). The van der Waals surface area contributed by atoms with Crippen LogP contribution < -0.4 is 10.2 Å². The molecule has 2 aromatic rings. The van der Waals surface area contributed by atoms with Crippen LogP contribution in [0.5, 0.6) is 0 Å². The molecule has 2 fully saturated rings. The van der Waals surface area contributed by atoms with Gasteiger partial charge in [0.2, 0.25) is 11.8 Å². The van der Waals surface area contributed by atoms with Crippen LogP contribution in [-0.4, -0.2) is 60.9 Å². The van der Waals surface area contributed by atoms with E-state index in [0.717, 1.165) is 61.4 Å². The Morgan fingerprint density at radius 3 is 2.34 bits per heavy atom. The average Bonchev–Trinajstić information content (AvgIpc) is 3.32. The van der Waals surface area contributed by atoms with E-state index in [4.69, 9.17) is 11.6 Å². The van der Waals surface area contributed by atoms with E-state index in [1.807, 2.05) is 30.3 Å². The zero-order valence-electron chi connectivity index (χ0n) is 16.3. The van der Waals surface area contributed by atoms with Gasteiger partial charge in [0.15, 0.2) is 0 Å². The van der Waals surface area contributed by atoms with Crippen LogP contribution in [0.25, 0.3) is 0 Å².